The summed E-state index contributed by atoms with van der Waals surface area (Å²) in [6.45, 7) is -0.448. The van der Waals surface area contributed by atoms with Gasteiger partial charge in [-0.05, 0) is 24.1 Å². The molecule has 3 N–H and O–H groups in total. The topological polar surface area (TPSA) is 104 Å². The maximum absolute atomic E-state index is 12.7. The van der Waals surface area contributed by atoms with Gasteiger partial charge in [-0.3, -0.25) is 4.79 Å². The molecule has 0 radical (unpaired) electrons. The van der Waals surface area contributed by atoms with E-state index >= 15 is 0 Å². The number of benzene rings is 1. The lowest BCUT2D eigenvalue weighted by atomic mass is 10.2. The molecule has 0 aliphatic heterocycles. The summed E-state index contributed by atoms with van der Waals surface area (Å²) in [5.41, 5.74) is 0.335. The fraction of sp³-hybridized carbons (Fsp3) is 0.364. The monoisotopic (exact) mass is 291 g/mol. The zero-order chi connectivity index (χ0) is 14.5. The summed E-state index contributed by atoms with van der Waals surface area (Å²) in [4.78, 5) is 10.8. The summed E-state index contributed by atoms with van der Waals surface area (Å²) in [7, 11) is -3.88. The average Bonchev–Trinajstić information content (AvgIpc) is 2.31. The smallest absolute Gasteiger partial charge is 0.321 e. The van der Waals surface area contributed by atoms with E-state index in [9.17, 15) is 17.6 Å². The molecule has 1 atom stereocenters. The third-order valence-corrected chi connectivity index (χ3v) is 3.66. The maximum Gasteiger partial charge on any atom is 0.321 e. The Balaban J connectivity index is 2.75. The van der Waals surface area contributed by atoms with Crippen molar-refractivity contribution in [2.45, 2.75) is 18.2 Å². The number of hydrogen-bond donors (Lipinski definition) is 3. The number of rotatable bonds is 7. The molecular formula is C11H14FNO5S. The van der Waals surface area contributed by atoms with E-state index < -0.39 is 40.2 Å². The number of aliphatic hydroxyl groups is 1. The first-order chi connectivity index (χ1) is 8.84. The van der Waals surface area contributed by atoms with Crippen molar-refractivity contribution >= 4 is 16.0 Å². The number of carboxylic acids is 1. The Morgan fingerprint density at radius 1 is 1.32 bits per heavy atom. The van der Waals surface area contributed by atoms with Crippen molar-refractivity contribution in [3.8, 4) is 0 Å². The molecule has 0 aliphatic carbocycles. The van der Waals surface area contributed by atoms with Crippen LogP contribution in [-0.4, -0.2) is 37.2 Å². The summed E-state index contributed by atoms with van der Waals surface area (Å²) in [6.07, 6.45) is -0.224. The number of sulfonamides is 1. The van der Waals surface area contributed by atoms with Gasteiger partial charge in [-0.1, -0.05) is 12.1 Å². The predicted octanol–water partition coefficient (Wildman–Crippen LogP) is 0.0807. The summed E-state index contributed by atoms with van der Waals surface area (Å²) in [5.74, 6) is -2.31. The number of aliphatic hydroxyl groups excluding tert-OH is 1. The third kappa shape index (κ3) is 5.33. The molecule has 8 heteroatoms. The van der Waals surface area contributed by atoms with E-state index in [-0.39, 0.29) is 6.42 Å². The number of nitrogens with one attached hydrogen (secondary N) is 1. The zero-order valence-electron chi connectivity index (χ0n) is 9.91. The van der Waals surface area contributed by atoms with E-state index in [2.05, 4.69) is 0 Å². The summed E-state index contributed by atoms with van der Waals surface area (Å²) >= 11 is 0. The van der Waals surface area contributed by atoms with Crippen molar-refractivity contribution in [2.24, 2.45) is 0 Å². The van der Waals surface area contributed by atoms with Gasteiger partial charge in [-0.25, -0.2) is 17.5 Å². The highest BCUT2D eigenvalue weighted by atomic mass is 32.2. The lowest BCUT2D eigenvalue weighted by Crippen LogP contribution is -2.41. The van der Waals surface area contributed by atoms with Crippen LogP contribution in [0.5, 0.6) is 0 Å². The number of aliphatic carboxylic acids is 1. The van der Waals surface area contributed by atoms with Crippen molar-refractivity contribution in [1.82, 2.24) is 4.72 Å². The van der Waals surface area contributed by atoms with Gasteiger partial charge in [0.1, 0.15) is 11.9 Å². The molecule has 1 rings (SSSR count). The number of hydrogen-bond acceptors (Lipinski definition) is 4. The van der Waals surface area contributed by atoms with Crippen LogP contribution in [0.3, 0.4) is 0 Å². The van der Waals surface area contributed by atoms with E-state index in [1.165, 1.54) is 12.1 Å². The molecule has 0 saturated heterocycles. The lowest BCUT2D eigenvalue weighted by molar-refractivity contribution is -0.139. The molecule has 1 aromatic rings. The standard InChI is InChI=1S/C11H14FNO5S/c12-9-3-1-8(2-4-9)7-19(17,18)13-10(5-6-14)11(15)16/h1-4,10,13-14H,5-7H2,(H,15,16). The fourth-order valence-electron chi connectivity index (χ4n) is 1.42. The Kier molecular flexibility index (Phi) is 5.40. The Labute approximate surface area is 109 Å². The van der Waals surface area contributed by atoms with Gasteiger partial charge >= 0.3 is 5.97 Å². The second-order valence-corrected chi connectivity index (χ2v) is 5.66. The Hall–Kier alpha value is -1.51. The molecule has 6 nitrogen and oxygen atoms in total. The first-order valence-corrected chi connectivity index (χ1v) is 7.07. The Morgan fingerprint density at radius 3 is 2.37 bits per heavy atom. The van der Waals surface area contributed by atoms with E-state index in [1.54, 1.807) is 0 Å². The van der Waals surface area contributed by atoms with E-state index in [0.29, 0.717) is 5.56 Å². The third-order valence-electron chi connectivity index (χ3n) is 2.31. The predicted molar refractivity (Wildman–Crippen MR) is 65.3 cm³/mol. The van der Waals surface area contributed by atoms with Crippen LogP contribution >= 0.6 is 0 Å². The van der Waals surface area contributed by atoms with Crippen LogP contribution in [0.25, 0.3) is 0 Å². The van der Waals surface area contributed by atoms with Gasteiger partial charge in [0, 0.05) is 6.61 Å². The minimum Gasteiger partial charge on any atom is -0.480 e. The van der Waals surface area contributed by atoms with Gasteiger partial charge in [0.2, 0.25) is 10.0 Å². The second kappa shape index (κ2) is 6.60. The largest absolute Gasteiger partial charge is 0.480 e. The molecule has 0 bridgehead atoms. The lowest BCUT2D eigenvalue weighted by Gasteiger charge is -2.13. The number of carboxylic acid groups (broad SMARTS) is 1. The van der Waals surface area contributed by atoms with Crippen LogP contribution in [-0.2, 0) is 20.6 Å². The van der Waals surface area contributed by atoms with Crippen molar-refractivity contribution in [3.05, 3.63) is 35.6 Å². The molecule has 1 unspecified atom stereocenters. The molecule has 0 spiro atoms. The molecule has 0 aliphatic rings. The highest BCUT2D eigenvalue weighted by Crippen LogP contribution is 2.08. The normalized spacial score (nSPS) is 13.2. The van der Waals surface area contributed by atoms with Crippen LogP contribution < -0.4 is 4.72 Å². The first kappa shape index (κ1) is 15.5. The SMILES string of the molecule is O=C(O)C(CCO)NS(=O)(=O)Cc1ccc(F)cc1. The summed E-state index contributed by atoms with van der Waals surface area (Å²) < 4.78 is 38.1. The summed E-state index contributed by atoms with van der Waals surface area (Å²) in [6, 6.07) is 3.46. The van der Waals surface area contributed by atoms with Gasteiger partial charge in [-0.2, -0.15) is 0 Å². The molecule has 0 saturated carbocycles. The second-order valence-electron chi connectivity index (χ2n) is 3.91. The summed E-state index contributed by atoms with van der Waals surface area (Å²) in [5, 5.41) is 17.4. The zero-order valence-corrected chi connectivity index (χ0v) is 10.7. The van der Waals surface area contributed by atoms with Gasteiger partial charge in [0.15, 0.2) is 0 Å². The Bertz CT molecular complexity index is 529. The minimum atomic E-state index is -3.88. The van der Waals surface area contributed by atoms with Crippen LogP contribution in [0.4, 0.5) is 4.39 Å². The fourth-order valence-corrected chi connectivity index (χ4v) is 2.79. The molecule has 1 aromatic carbocycles. The highest BCUT2D eigenvalue weighted by Gasteiger charge is 2.23. The molecule has 0 fully saturated rings. The van der Waals surface area contributed by atoms with E-state index in [0.717, 1.165) is 12.1 Å². The van der Waals surface area contributed by atoms with Crippen molar-refractivity contribution < 1.29 is 27.8 Å². The van der Waals surface area contributed by atoms with Crippen molar-refractivity contribution in [2.75, 3.05) is 6.61 Å². The van der Waals surface area contributed by atoms with Gasteiger partial charge < -0.3 is 10.2 Å². The quantitative estimate of drug-likeness (QED) is 0.660. The van der Waals surface area contributed by atoms with Crippen molar-refractivity contribution in [1.29, 1.82) is 0 Å². The number of carbonyl (C=O) groups is 1. The molecule has 0 aromatic heterocycles. The Morgan fingerprint density at radius 2 is 1.89 bits per heavy atom. The van der Waals surface area contributed by atoms with Crippen LogP contribution in [0.1, 0.15) is 12.0 Å². The average molecular weight is 291 g/mol. The van der Waals surface area contributed by atoms with Crippen LogP contribution in [0, 0.1) is 5.82 Å². The van der Waals surface area contributed by atoms with E-state index in [4.69, 9.17) is 10.2 Å². The molecular weight excluding hydrogens is 277 g/mol. The van der Waals surface area contributed by atoms with Crippen molar-refractivity contribution in [3.63, 3.8) is 0 Å². The van der Waals surface area contributed by atoms with Crippen LogP contribution in [0.2, 0.25) is 0 Å². The molecule has 106 valence electrons. The molecule has 0 heterocycles. The molecule has 0 amide bonds. The highest BCUT2D eigenvalue weighted by molar-refractivity contribution is 7.88. The maximum atomic E-state index is 12.7. The minimum absolute atomic E-state index is 0.224. The van der Waals surface area contributed by atoms with Crippen LogP contribution in [0.15, 0.2) is 24.3 Å². The van der Waals surface area contributed by atoms with E-state index in [1.807, 2.05) is 4.72 Å². The number of halogens is 1. The van der Waals surface area contributed by atoms with Gasteiger partial charge in [0.05, 0.1) is 5.75 Å². The van der Waals surface area contributed by atoms with Gasteiger partial charge in [-0.15, -0.1) is 0 Å². The first-order valence-electron chi connectivity index (χ1n) is 5.42. The molecule has 19 heavy (non-hydrogen) atoms. The van der Waals surface area contributed by atoms with Gasteiger partial charge in [0.25, 0.3) is 0 Å².